The lowest BCUT2D eigenvalue weighted by Crippen LogP contribution is -2.28. The van der Waals surface area contributed by atoms with Gasteiger partial charge in [0.05, 0.1) is 12.1 Å². The number of carbonyl (C=O) groups excluding carboxylic acids is 1. The van der Waals surface area contributed by atoms with Crippen molar-refractivity contribution in [3.05, 3.63) is 46.4 Å². The Kier molecular flexibility index (Phi) is 6.89. The number of hydrogen-bond acceptors (Lipinski definition) is 5. The van der Waals surface area contributed by atoms with Gasteiger partial charge in [-0.2, -0.15) is 4.31 Å². The molecule has 10 heteroatoms. The lowest BCUT2D eigenvalue weighted by atomic mass is 10.3. The molecule has 1 N–H and O–H groups in total. The summed E-state index contributed by atoms with van der Waals surface area (Å²) in [6.07, 6.45) is 1.62. The van der Waals surface area contributed by atoms with E-state index in [1.165, 1.54) is 29.6 Å². The minimum Gasteiger partial charge on any atom is -0.495 e. The Morgan fingerprint density at radius 2 is 1.79 bits per heavy atom. The third-order valence-electron chi connectivity index (χ3n) is 4.38. The van der Waals surface area contributed by atoms with Crippen molar-refractivity contribution in [3.63, 3.8) is 0 Å². The van der Waals surface area contributed by atoms with Crippen LogP contribution in [-0.2, 0) is 14.8 Å². The van der Waals surface area contributed by atoms with Crippen molar-refractivity contribution < 1.29 is 22.7 Å². The molecule has 1 aliphatic heterocycles. The number of benzene rings is 2. The van der Waals surface area contributed by atoms with Crippen LogP contribution in [0.3, 0.4) is 0 Å². The van der Waals surface area contributed by atoms with E-state index in [9.17, 15) is 13.2 Å². The standard InChI is InChI=1S/C19H20Cl2N2O5S/c1-27-16-7-5-14(11-15(16)21)22-19(24)12-28-17-6-4-13(20)10-18(17)29(25,26)23-8-2-3-9-23/h4-7,10-11H,2-3,8-9,12H2,1H3,(H,22,24). The predicted molar refractivity (Wildman–Crippen MR) is 112 cm³/mol. The summed E-state index contributed by atoms with van der Waals surface area (Å²) >= 11 is 12.0. The van der Waals surface area contributed by atoms with Gasteiger partial charge >= 0.3 is 0 Å². The van der Waals surface area contributed by atoms with Gasteiger partial charge in [0.15, 0.2) is 6.61 Å². The number of carbonyl (C=O) groups is 1. The van der Waals surface area contributed by atoms with Crippen molar-refractivity contribution in [1.82, 2.24) is 4.31 Å². The minimum absolute atomic E-state index is 0.0489. The molecule has 0 unspecified atom stereocenters. The number of nitrogens with zero attached hydrogens (tertiary/aromatic N) is 1. The van der Waals surface area contributed by atoms with Gasteiger partial charge in [0.25, 0.3) is 5.91 Å². The lowest BCUT2D eigenvalue weighted by Gasteiger charge is -2.18. The molecule has 0 radical (unpaired) electrons. The first-order valence-corrected chi connectivity index (χ1v) is 11.1. The fraction of sp³-hybridized carbons (Fsp3) is 0.316. The third kappa shape index (κ3) is 5.14. The number of hydrogen-bond donors (Lipinski definition) is 1. The van der Waals surface area contributed by atoms with E-state index in [1.807, 2.05) is 0 Å². The van der Waals surface area contributed by atoms with Crippen molar-refractivity contribution in [2.24, 2.45) is 0 Å². The van der Waals surface area contributed by atoms with Gasteiger partial charge in [-0.1, -0.05) is 23.2 Å². The first kappa shape index (κ1) is 21.7. The monoisotopic (exact) mass is 458 g/mol. The molecule has 156 valence electrons. The zero-order valence-electron chi connectivity index (χ0n) is 15.7. The van der Waals surface area contributed by atoms with Crippen LogP contribution in [-0.4, -0.2) is 45.4 Å². The van der Waals surface area contributed by atoms with Crippen LogP contribution >= 0.6 is 23.2 Å². The van der Waals surface area contributed by atoms with Gasteiger partial charge in [-0.25, -0.2) is 8.42 Å². The highest BCUT2D eigenvalue weighted by molar-refractivity contribution is 7.89. The molecular formula is C19H20Cl2N2O5S. The summed E-state index contributed by atoms with van der Waals surface area (Å²) in [5.41, 5.74) is 0.463. The average molecular weight is 459 g/mol. The highest BCUT2D eigenvalue weighted by atomic mass is 35.5. The fourth-order valence-corrected chi connectivity index (χ4v) is 5.12. The van der Waals surface area contributed by atoms with Crippen LogP contribution in [0.15, 0.2) is 41.3 Å². The highest BCUT2D eigenvalue weighted by Gasteiger charge is 2.30. The topological polar surface area (TPSA) is 84.9 Å². The number of halogens is 2. The van der Waals surface area contributed by atoms with E-state index < -0.39 is 15.9 Å². The zero-order valence-corrected chi connectivity index (χ0v) is 18.0. The Bertz CT molecular complexity index is 1010. The van der Waals surface area contributed by atoms with Crippen LogP contribution in [0.5, 0.6) is 11.5 Å². The van der Waals surface area contributed by atoms with Crippen molar-refractivity contribution in [3.8, 4) is 11.5 Å². The Morgan fingerprint density at radius 3 is 2.45 bits per heavy atom. The van der Waals surface area contributed by atoms with Crippen LogP contribution in [0.2, 0.25) is 10.0 Å². The van der Waals surface area contributed by atoms with Gasteiger partial charge in [0.1, 0.15) is 16.4 Å². The number of ether oxygens (including phenoxy) is 2. The Labute approximate surface area is 179 Å². The van der Waals surface area contributed by atoms with E-state index in [0.29, 0.717) is 29.5 Å². The molecule has 7 nitrogen and oxygen atoms in total. The van der Waals surface area contributed by atoms with Gasteiger partial charge in [0, 0.05) is 23.8 Å². The number of nitrogens with one attached hydrogen (secondary N) is 1. The SMILES string of the molecule is COc1ccc(NC(=O)COc2ccc(Cl)cc2S(=O)(=O)N2CCCC2)cc1Cl. The summed E-state index contributed by atoms with van der Waals surface area (Å²) in [5.74, 6) is 0.0914. The van der Waals surface area contributed by atoms with Crippen molar-refractivity contribution in [2.75, 3.05) is 32.1 Å². The predicted octanol–water partition coefficient (Wildman–Crippen LogP) is 3.80. The van der Waals surface area contributed by atoms with Gasteiger partial charge < -0.3 is 14.8 Å². The maximum atomic E-state index is 12.9. The summed E-state index contributed by atoms with van der Waals surface area (Å²) in [7, 11) is -2.26. The normalized spacial score (nSPS) is 14.6. The van der Waals surface area contributed by atoms with Crippen molar-refractivity contribution in [1.29, 1.82) is 0 Å². The quantitative estimate of drug-likeness (QED) is 0.681. The molecule has 0 atom stereocenters. The maximum Gasteiger partial charge on any atom is 0.262 e. The van der Waals surface area contributed by atoms with Gasteiger partial charge in [-0.15, -0.1) is 0 Å². The van der Waals surface area contributed by atoms with E-state index in [1.54, 1.807) is 18.2 Å². The molecule has 1 aliphatic rings. The molecule has 1 fully saturated rings. The average Bonchev–Trinajstić information content (AvgIpc) is 3.23. The molecule has 1 heterocycles. The van der Waals surface area contributed by atoms with E-state index in [2.05, 4.69) is 5.32 Å². The lowest BCUT2D eigenvalue weighted by molar-refractivity contribution is -0.118. The largest absolute Gasteiger partial charge is 0.495 e. The van der Waals surface area contributed by atoms with E-state index in [4.69, 9.17) is 32.7 Å². The zero-order chi connectivity index (χ0) is 21.0. The molecule has 0 aromatic heterocycles. The van der Waals surface area contributed by atoms with Crippen LogP contribution < -0.4 is 14.8 Å². The molecule has 0 saturated carbocycles. The molecule has 1 amide bonds. The van der Waals surface area contributed by atoms with E-state index >= 15 is 0 Å². The minimum atomic E-state index is -3.75. The Balaban J connectivity index is 1.72. The molecule has 0 spiro atoms. The molecule has 2 aromatic carbocycles. The van der Waals surface area contributed by atoms with Crippen LogP contribution in [0.4, 0.5) is 5.69 Å². The number of methoxy groups -OCH3 is 1. The second-order valence-electron chi connectivity index (χ2n) is 6.39. The third-order valence-corrected chi connectivity index (χ3v) is 6.83. The smallest absolute Gasteiger partial charge is 0.262 e. The Morgan fingerprint density at radius 1 is 1.10 bits per heavy atom. The molecule has 0 aliphatic carbocycles. The van der Waals surface area contributed by atoms with Crippen LogP contribution in [0.25, 0.3) is 0 Å². The summed E-state index contributed by atoms with van der Waals surface area (Å²) < 4.78 is 37.8. The summed E-state index contributed by atoms with van der Waals surface area (Å²) in [6, 6.07) is 9.10. The van der Waals surface area contributed by atoms with Gasteiger partial charge in [-0.3, -0.25) is 4.79 Å². The summed E-state index contributed by atoms with van der Waals surface area (Å²) in [5, 5.41) is 3.26. The number of rotatable bonds is 7. The van der Waals surface area contributed by atoms with Gasteiger partial charge in [0.2, 0.25) is 10.0 Å². The number of sulfonamides is 1. The first-order valence-electron chi connectivity index (χ1n) is 8.87. The van der Waals surface area contributed by atoms with E-state index in [-0.39, 0.29) is 22.3 Å². The molecular weight excluding hydrogens is 439 g/mol. The maximum absolute atomic E-state index is 12.9. The first-order chi connectivity index (χ1) is 13.8. The summed E-state index contributed by atoms with van der Waals surface area (Å²) in [4.78, 5) is 12.2. The molecule has 1 saturated heterocycles. The Hall–Kier alpha value is -2.00. The molecule has 2 aromatic rings. The fourth-order valence-electron chi connectivity index (χ4n) is 2.95. The van der Waals surface area contributed by atoms with Crippen molar-refractivity contribution in [2.45, 2.75) is 17.7 Å². The van der Waals surface area contributed by atoms with Crippen LogP contribution in [0.1, 0.15) is 12.8 Å². The second kappa shape index (κ2) is 9.21. The van der Waals surface area contributed by atoms with Gasteiger partial charge in [-0.05, 0) is 49.2 Å². The summed E-state index contributed by atoms with van der Waals surface area (Å²) in [6.45, 7) is 0.522. The highest BCUT2D eigenvalue weighted by Crippen LogP contribution is 2.31. The number of amides is 1. The van der Waals surface area contributed by atoms with Crippen LogP contribution in [0, 0.1) is 0 Å². The molecule has 29 heavy (non-hydrogen) atoms. The molecule has 3 rings (SSSR count). The van der Waals surface area contributed by atoms with E-state index in [0.717, 1.165) is 12.8 Å². The number of anilines is 1. The second-order valence-corrected chi connectivity index (χ2v) is 9.14. The van der Waals surface area contributed by atoms with Crippen molar-refractivity contribution >= 4 is 44.8 Å². The molecule has 0 bridgehead atoms.